The number of hydrogen-bond acceptors (Lipinski definition) is 8. The third-order valence-electron chi connectivity index (χ3n) is 3.49. The zero-order valence-corrected chi connectivity index (χ0v) is 15.4. The fourth-order valence-electron chi connectivity index (χ4n) is 2.22. The fourth-order valence-corrected chi connectivity index (χ4v) is 2.94. The van der Waals surface area contributed by atoms with Crippen molar-refractivity contribution < 1.29 is 28.2 Å². The van der Waals surface area contributed by atoms with Crippen molar-refractivity contribution in [3.8, 4) is 22.8 Å². The smallest absolute Gasteiger partial charge is 0.374 e. The second kappa shape index (κ2) is 8.37. The van der Waals surface area contributed by atoms with Crippen LogP contribution in [0.2, 0.25) is 0 Å². The number of amides is 1. The quantitative estimate of drug-likeness (QED) is 0.620. The number of benzene rings is 1. The molecule has 0 aliphatic rings. The van der Waals surface area contributed by atoms with E-state index in [-0.39, 0.29) is 5.76 Å². The third-order valence-corrected chi connectivity index (χ3v) is 4.25. The van der Waals surface area contributed by atoms with Crippen molar-refractivity contribution in [2.24, 2.45) is 0 Å². The molecule has 0 bridgehead atoms. The first-order valence-electron chi connectivity index (χ1n) is 7.79. The number of ether oxygens (including phenoxy) is 3. The Morgan fingerprint density at radius 1 is 1.22 bits per heavy atom. The maximum absolute atomic E-state index is 11.9. The highest BCUT2D eigenvalue weighted by molar-refractivity contribution is 7.14. The van der Waals surface area contributed by atoms with Gasteiger partial charge in [-0.2, -0.15) is 0 Å². The molecule has 2 aromatic heterocycles. The van der Waals surface area contributed by atoms with Crippen LogP contribution < -0.4 is 14.8 Å². The van der Waals surface area contributed by atoms with Crippen molar-refractivity contribution in [3.63, 3.8) is 0 Å². The molecule has 0 atom stereocenters. The highest BCUT2D eigenvalue weighted by Gasteiger charge is 2.15. The van der Waals surface area contributed by atoms with Gasteiger partial charge in [-0.15, -0.1) is 11.3 Å². The number of carbonyl (C=O) groups is 2. The van der Waals surface area contributed by atoms with Crippen LogP contribution in [0.25, 0.3) is 11.3 Å². The van der Waals surface area contributed by atoms with Gasteiger partial charge >= 0.3 is 5.97 Å². The molecule has 0 unspecified atom stereocenters. The average Bonchev–Trinajstić information content (AvgIpc) is 3.37. The van der Waals surface area contributed by atoms with Gasteiger partial charge in [-0.1, -0.05) is 0 Å². The van der Waals surface area contributed by atoms with E-state index in [1.807, 2.05) is 6.07 Å². The fraction of sp³-hybridized carbons (Fsp3) is 0.167. The molecular formula is C18H16N2O6S. The molecule has 3 aromatic rings. The van der Waals surface area contributed by atoms with Gasteiger partial charge in [0.2, 0.25) is 5.76 Å². The van der Waals surface area contributed by atoms with Crippen LogP contribution in [0.3, 0.4) is 0 Å². The molecule has 2 heterocycles. The number of thiazole rings is 1. The molecule has 0 radical (unpaired) electrons. The molecule has 8 nitrogen and oxygen atoms in total. The van der Waals surface area contributed by atoms with E-state index in [1.54, 1.807) is 37.8 Å². The number of esters is 1. The highest BCUT2D eigenvalue weighted by Crippen LogP contribution is 2.34. The first-order valence-corrected chi connectivity index (χ1v) is 8.67. The van der Waals surface area contributed by atoms with Gasteiger partial charge in [-0.05, 0) is 24.3 Å². The van der Waals surface area contributed by atoms with Crippen molar-refractivity contribution in [3.05, 3.63) is 47.7 Å². The summed E-state index contributed by atoms with van der Waals surface area (Å²) in [6, 6.07) is 8.38. The van der Waals surface area contributed by atoms with Gasteiger partial charge < -0.3 is 18.6 Å². The van der Waals surface area contributed by atoms with Crippen LogP contribution >= 0.6 is 11.3 Å². The standard InChI is InChI=1S/C18H16N2O6S/c1-23-11-5-6-12(15(8-11)24-2)13-10-27-18(19-13)20-16(21)9-26-17(22)14-4-3-7-25-14/h3-8,10H,9H2,1-2H3,(H,19,20,21). The van der Waals surface area contributed by atoms with Crippen LogP contribution in [0.5, 0.6) is 11.5 Å². The van der Waals surface area contributed by atoms with Crippen LogP contribution in [0, 0.1) is 0 Å². The summed E-state index contributed by atoms with van der Waals surface area (Å²) in [5.74, 6) is 0.0871. The number of aromatic nitrogens is 1. The molecule has 9 heteroatoms. The molecule has 1 aromatic carbocycles. The normalized spacial score (nSPS) is 10.3. The second-order valence-corrected chi connectivity index (χ2v) is 6.06. The van der Waals surface area contributed by atoms with E-state index >= 15 is 0 Å². The number of nitrogens with zero attached hydrogens (tertiary/aromatic N) is 1. The molecule has 0 aliphatic carbocycles. The van der Waals surface area contributed by atoms with Gasteiger partial charge in [0.05, 0.1) is 26.2 Å². The Morgan fingerprint density at radius 3 is 2.78 bits per heavy atom. The van der Waals surface area contributed by atoms with E-state index < -0.39 is 18.5 Å². The number of methoxy groups -OCH3 is 2. The maximum atomic E-state index is 11.9. The number of nitrogens with one attached hydrogen (secondary N) is 1. The molecule has 1 amide bonds. The lowest BCUT2D eigenvalue weighted by Gasteiger charge is -2.08. The largest absolute Gasteiger partial charge is 0.497 e. The summed E-state index contributed by atoms with van der Waals surface area (Å²) in [4.78, 5) is 28.0. The Morgan fingerprint density at radius 2 is 2.07 bits per heavy atom. The van der Waals surface area contributed by atoms with Crippen LogP contribution in [0.15, 0.2) is 46.4 Å². The first-order chi connectivity index (χ1) is 13.1. The predicted octanol–water partition coefficient (Wildman–Crippen LogP) is 3.22. The van der Waals surface area contributed by atoms with Gasteiger partial charge in [0.15, 0.2) is 11.7 Å². The van der Waals surface area contributed by atoms with Crippen LogP contribution in [-0.2, 0) is 9.53 Å². The number of carbonyl (C=O) groups excluding carboxylic acids is 2. The molecule has 140 valence electrons. The van der Waals surface area contributed by atoms with E-state index in [1.165, 1.54) is 23.7 Å². The summed E-state index contributed by atoms with van der Waals surface area (Å²) in [5.41, 5.74) is 1.40. The minimum atomic E-state index is -0.710. The minimum absolute atomic E-state index is 0.0333. The Bertz CT molecular complexity index is 935. The number of rotatable bonds is 7. The summed E-state index contributed by atoms with van der Waals surface area (Å²) in [6.45, 7) is -0.444. The van der Waals surface area contributed by atoms with Crippen LogP contribution in [-0.4, -0.2) is 37.7 Å². The average molecular weight is 388 g/mol. The number of hydrogen-bond donors (Lipinski definition) is 1. The van der Waals surface area contributed by atoms with Gasteiger partial charge in [0.25, 0.3) is 5.91 Å². The molecular weight excluding hydrogens is 372 g/mol. The molecule has 0 spiro atoms. The topological polar surface area (TPSA) is 99.9 Å². The first kappa shape index (κ1) is 18.5. The summed E-state index contributed by atoms with van der Waals surface area (Å²) in [7, 11) is 3.13. The Hall–Kier alpha value is -3.33. The summed E-state index contributed by atoms with van der Waals surface area (Å²) >= 11 is 1.25. The van der Waals surface area contributed by atoms with Gasteiger partial charge in [0, 0.05) is 17.0 Å². The second-order valence-electron chi connectivity index (χ2n) is 5.21. The van der Waals surface area contributed by atoms with Crippen LogP contribution in [0.1, 0.15) is 10.6 Å². The molecule has 27 heavy (non-hydrogen) atoms. The van der Waals surface area contributed by atoms with E-state index in [9.17, 15) is 9.59 Å². The summed E-state index contributed by atoms with van der Waals surface area (Å²) in [6.07, 6.45) is 1.35. The predicted molar refractivity (Wildman–Crippen MR) is 98.3 cm³/mol. The van der Waals surface area contributed by atoms with Crippen molar-refractivity contribution >= 4 is 28.3 Å². The van der Waals surface area contributed by atoms with E-state index in [4.69, 9.17) is 18.6 Å². The van der Waals surface area contributed by atoms with E-state index in [0.29, 0.717) is 22.3 Å². The van der Waals surface area contributed by atoms with Crippen molar-refractivity contribution in [2.45, 2.75) is 0 Å². The van der Waals surface area contributed by atoms with Crippen molar-refractivity contribution in [2.75, 3.05) is 26.1 Å². The SMILES string of the molecule is COc1ccc(-c2csc(NC(=O)COC(=O)c3ccco3)n2)c(OC)c1. The monoisotopic (exact) mass is 388 g/mol. The Labute approximate surface area is 158 Å². The number of anilines is 1. The molecule has 0 aliphatic heterocycles. The van der Waals surface area contributed by atoms with E-state index in [2.05, 4.69) is 10.3 Å². The molecule has 0 saturated carbocycles. The molecule has 0 fully saturated rings. The zero-order chi connectivity index (χ0) is 19.2. The summed E-state index contributed by atoms with van der Waals surface area (Å²) in [5, 5.41) is 4.75. The zero-order valence-electron chi connectivity index (χ0n) is 14.6. The highest BCUT2D eigenvalue weighted by atomic mass is 32.1. The van der Waals surface area contributed by atoms with Crippen molar-refractivity contribution in [1.82, 2.24) is 4.98 Å². The molecule has 1 N–H and O–H groups in total. The lowest BCUT2D eigenvalue weighted by molar-refractivity contribution is -0.119. The van der Waals surface area contributed by atoms with Crippen LogP contribution in [0.4, 0.5) is 5.13 Å². The summed E-state index contributed by atoms with van der Waals surface area (Å²) < 4.78 is 20.3. The van der Waals surface area contributed by atoms with E-state index in [0.717, 1.165) is 5.56 Å². The van der Waals surface area contributed by atoms with Gasteiger partial charge in [0.1, 0.15) is 11.5 Å². The third kappa shape index (κ3) is 4.45. The molecule has 3 rings (SSSR count). The minimum Gasteiger partial charge on any atom is -0.497 e. The van der Waals surface area contributed by atoms with Crippen molar-refractivity contribution in [1.29, 1.82) is 0 Å². The Balaban J connectivity index is 1.62. The maximum Gasteiger partial charge on any atom is 0.374 e. The van der Waals surface area contributed by atoms with Gasteiger partial charge in [-0.3, -0.25) is 10.1 Å². The number of furan rings is 1. The van der Waals surface area contributed by atoms with Gasteiger partial charge in [-0.25, -0.2) is 9.78 Å². The Kier molecular flexibility index (Phi) is 5.72. The lowest BCUT2D eigenvalue weighted by Crippen LogP contribution is -2.20. The molecule has 0 saturated heterocycles. The lowest BCUT2D eigenvalue weighted by atomic mass is 10.1.